The van der Waals surface area contributed by atoms with Crippen molar-refractivity contribution in [3.63, 3.8) is 0 Å². The molecule has 7 nitrogen and oxygen atoms in total. The molecule has 2 atom stereocenters. The number of anilines is 1. The number of aromatic nitrogens is 3. The highest BCUT2D eigenvalue weighted by molar-refractivity contribution is 7.22. The number of piperidine rings is 1. The van der Waals surface area contributed by atoms with Crippen LogP contribution < -0.4 is 15.8 Å². The minimum absolute atomic E-state index is 0.0243. The van der Waals surface area contributed by atoms with E-state index >= 15 is 0 Å². The van der Waals surface area contributed by atoms with Crippen molar-refractivity contribution in [3.8, 4) is 0 Å². The predicted octanol–water partition coefficient (Wildman–Crippen LogP) is 3.23. The Kier molecular flexibility index (Phi) is 6.65. The lowest BCUT2D eigenvalue weighted by molar-refractivity contribution is -0.122. The number of carbonyl (C=O) groups excluding carboxylic acids is 1. The van der Waals surface area contributed by atoms with Gasteiger partial charge in [0, 0.05) is 19.1 Å². The molecular formula is C23H29N5O2S. The van der Waals surface area contributed by atoms with Gasteiger partial charge >= 0.3 is 0 Å². The molecule has 1 amide bonds. The fourth-order valence-electron chi connectivity index (χ4n) is 4.02. The molecule has 1 fully saturated rings. The van der Waals surface area contributed by atoms with Gasteiger partial charge in [-0.1, -0.05) is 48.6 Å². The number of hydrogen-bond donors (Lipinski definition) is 1. The van der Waals surface area contributed by atoms with Gasteiger partial charge in [-0.15, -0.1) is 0 Å². The summed E-state index contributed by atoms with van der Waals surface area (Å²) in [7, 11) is 0. The molecule has 0 aliphatic carbocycles. The fourth-order valence-corrected chi connectivity index (χ4v) is 5.03. The average molecular weight is 440 g/mol. The lowest BCUT2D eigenvalue weighted by Crippen LogP contribution is -2.37. The Hall–Kier alpha value is -2.74. The monoisotopic (exact) mass is 439 g/mol. The Morgan fingerprint density at radius 1 is 1.32 bits per heavy atom. The molecular weight excluding hydrogens is 410 g/mol. The highest BCUT2D eigenvalue weighted by Crippen LogP contribution is 2.29. The average Bonchev–Trinajstić information content (AvgIpc) is 3.20. The van der Waals surface area contributed by atoms with Gasteiger partial charge in [-0.25, -0.2) is 4.98 Å². The van der Waals surface area contributed by atoms with Gasteiger partial charge in [-0.2, -0.15) is 4.98 Å². The standard InChI is InChI=1S/C23H29N5O2S/c1-16-7-6-12-27(13-16)23-26-21-20(31-23)22(30)28(15-24-21)14-19(29)25-17(2)10-11-18-8-4-3-5-9-18/h3-5,8-9,15-17H,6-7,10-14H2,1-2H3,(H,25,29). The Labute approximate surface area is 186 Å². The largest absolute Gasteiger partial charge is 0.352 e. The number of nitrogens with zero attached hydrogens (tertiary/aromatic N) is 4. The van der Waals surface area contributed by atoms with Crippen LogP contribution in [0.15, 0.2) is 41.5 Å². The summed E-state index contributed by atoms with van der Waals surface area (Å²) < 4.78 is 1.89. The summed E-state index contributed by atoms with van der Waals surface area (Å²) in [6.45, 7) is 6.11. The molecule has 1 saturated heterocycles. The Balaban J connectivity index is 1.39. The quantitative estimate of drug-likeness (QED) is 0.611. The van der Waals surface area contributed by atoms with Crippen LogP contribution in [0, 0.1) is 5.92 Å². The van der Waals surface area contributed by atoms with Gasteiger partial charge in [0.15, 0.2) is 10.8 Å². The summed E-state index contributed by atoms with van der Waals surface area (Å²) in [6.07, 6.45) is 5.53. The molecule has 1 aromatic carbocycles. The van der Waals surface area contributed by atoms with Gasteiger partial charge in [0.1, 0.15) is 17.6 Å². The van der Waals surface area contributed by atoms with Crippen molar-refractivity contribution >= 4 is 32.7 Å². The van der Waals surface area contributed by atoms with E-state index < -0.39 is 0 Å². The maximum atomic E-state index is 12.9. The number of fused-ring (bicyclic) bond motifs is 1. The predicted molar refractivity (Wildman–Crippen MR) is 125 cm³/mol. The van der Waals surface area contributed by atoms with Gasteiger partial charge in [0.05, 0.1) is 0 Å². The van der Waals surface area contributed by atoms with Gasteiger partial charge in [0.2, 0.25) is 5.91 Å². The smallest absolute Gasteiger partial charge is 0.273 e. The first kappa shape index (κ1) is 21.5. The zero-order valence-corrected chi connectivity index (χ0v) is 18.9. The van der Waals surface area contributed by atoms with Crippen LogP contribution in [0.3, 0.4) is 0 Å². The third-order valence-corrected chi connectivity index (χ3v) is 6.82. The molecule has 31 heavy (non-hydrogen) atoms. The Bertz CT molecular complexity index is 1090. The molecule has 0 bridgehead atoms. The van der Waals surface area contributed by atoms with E-state index in [0.29, 0.717) is 16.3 Å². The van der Waals surface area contributed by atoms with E-state index in [1.165, 1.54) is 34.2 Å². The number of amides is 1. The van der Waals surface area contributed by atoms with Crippen molar-refractivity contribution < 1.29 is 4.79 Å². The molecule has 1 aliphatic heterocycles. The third-order valence-electron chi connectivity index (χ3n) is 5.73. The van der Waals surface area contributed by atoms with E-state index in [0.717, 1.165) is 37.5 Å². The number of carbonyl (C=O) groups is 1. The van der Waals surface area contributed by atoms with Crippen LogP contribution in [0.2, 0.25) is 0 Å². The maximum absolute atomic E-state index is 12.9. The van der Waals surface area contributed by atoms with E-state index in [1.54, 1.807) is 0 Å². The number of hydrogen-bond acceptors (Lipinski definition) is 6. The van der Waals surface area contributed by atoms with E-state index in [9.17, 15) is 9.59 Å². The number of nitrogens with one attached hydrogen (secondary N) is 1. The first-order valence-electron chi connectivity index (χ1n) is 10.9. The molecule has 164 valence electrons. The molecule has 1 aliphatic rings. The first-order chi connectivity index (χ1) is 15.0. The number of benzene rings is 1. The zero-order valence-electron chi connectivity index (χ0n) is 18.1. The highest BCUT2D eigenvalue weighted by atomic mass is 32.1. The Morgan fingerprint density at radius 3 is 2.90 bits per heavy atom. The highest BCUT2D eigenvalue weighted by Gasteiger charge is 2.21. The lowest BCUT2D eigenvalue weighted by Gasteiger charge is -2.30. The van der Waals surface area contributed by atoms with Crippen molar-refractivity contribution in [3.05, 3.63) is 52.6 Å². The number of aryl methyl sites for hydroxylation is 1. The molecule has 0 radical (unpaired) electrons. The molecule has 2 unspecified atom stereocenters. The van der Waals surface area contributed by atoms with Crippen LogP contribution in [0.25, 0.3) is 10.3 Å². The van der Waals surface area contributed by atoms with Crippen LogP contribution in [0.5, 0.6) is 0 Å². The normalized spacial score (nSPS) is 17.6. The molecule has 8 heteroatoms. The van der Waals surface area contributed by atoms with E-state index in [4.69, 9.17) is 0 Å². The number of thiazole rings is 1. The summed E-state index contributed by atoms with van der Waals surface area (Å²) in [5, 5.41) is 3.84. The van der Waals surface area contributed by atoms with Crippen molar-refractivity contribution in [1.29, 1.82) is 0 Å². The molecule has 2 aromatic heterocycles. The van der Waals surface area contributed by atoms with Crippen molar-refractivity contribution in [1.82, 2.24) is 19.9 Å². The molecule has 1 N–H and O–H groups in total. The second-order valence-corrected chi connectivity index (χ2v) is 9.49. The summed E-state index contributed by atoms with van der Waals surface area (Å²) in [5.41, 5.74) is 1.51. The van der Waals surface area contributed by atoms with Crippen molar-refractivity contribution in [2.24, 2.45) is 5.92 Å². The van der Waals surface area contributed by atoms with Crippen LogP contribution in [0.4, 0.5) is 5.13 Å². The van der Waals surface area contributed by atoms with Gasteiger partial charge in [-0.05, 0) is 44.1 Å². The molecule has 3 aromatic rings. The lowest BCUT2D eigenvalue weighted by atomic mass is 10.0. The van der Waals surface area contributed by atoms with E-state index in [1.807, 2.05) is 25.1 Å². The molecule has 3 heterocycles. The summed E-state index contributed by atoms with van der Waals surface area (Å²) >= 11 is 1.38. The minimum Gasteiger partial charge on any atom is -0.352 e. The summed E-state index contributed by atoms with van der Waals surface area (Å²) in [4.78, 5) is 36.6. The second kappa shape index (κ2) is 9.60. The molecule has 0 saturated carbocycles. The summed E-state index contributed by atoms with van der Waals surface area (Å²) in [5.74, 6) is 0.441. The van der Waals surface area contributed by atoms with Crippen LogP contribution in [0.1, 0.15) is 38.7 Å². The van der Waals surface area contributed by atoms with Crippen LogP contribution in [-0.2, 0) is 17.8 Å². The number of rotatable bonds is 7. The Morgan fingerprint density at radius 2 is 2.13 bits per heavy atom. The van der Waals surface area contributed by atoms with Crippen LogP contribution in [-0.4, -0.2) is 39.6 Å². The second-order valence-electron chi connectivity index (χ2n) is 8.51. The summed E-state index contributed by atoms with van der Waals surface area (Å²) in [6, 6.07) is 10.2. The van der Waals surface area contributed by atoms with Gasteiger partial charge in [-0.3, -0.25) is 14.2 Å². The molecule has 0 spiro atoms. The minimum atomic E-state index is -0.203. The van der Waals surface area contributed by atoms with E-state index in [2.05, 4.69) is 39.2 Å². The van der Waals surface area contributed by atoms with Crippen molar-refractivity contribution in [2.45, 2.75) is 52.1 Å². The molecule has 4 rings (SSSR count). The third kappa shape index (κ3) is 5.31. The van der Waals surface area contributed by atoms with Gasteiger partial charge < -0.3 is 10.2 Å². The SMILES string of the molecule is CC1CCCN(c2nc3ncn(CC(=O)NC(C)CCc4ccccc4)c(=O)c3s2)C1. The topological polar surface area (TPSA) is 80.1 Å². The van der Waals surface area contributed by atoms with Crippen LogP contribution >= 0.6 is 11.3 Å². The first-order valence-corrected chi connectivity index (χ1v) is 11.8. The van der Waals surface area contributed by atoms with Gasteiger partial charge in [0.25, 0.3) is 5.56 Å². The maximum Gasteiger partial charge on any atom is 0.273 e. The zero-order chi connectivity index (χ0) is 21.8. The van der Waals surface area contributed by atoms with E-state index in [-0.39, 0.29) is 24.1 Å². The van der Waals surface area contributed by atoms with Crippen molar-refractivity contribution in [2.75, 3.05) is 18.0 Å². The fraction of sp³-hybridized carbons (Fsp3) is 0.478.